The number of carbonyl (C=O) groups excluding carboxylic acids is 4. The van der Waals surface area contributed by atoms with Crippen molar-refractivity contribution in [3.63, 3.8) is 0 Å². The Morgan fingerprint density at radius 1 is 1.15 bits per heavy atom. The number of imide groups is 1. The summed E-state index contributed by atoms with van der Waals surface area (Å²) in [5.74, 6) is -0.959. The van der Waals surface area contributed by atoms with Crippen LogP contribution in [0.1, 0.15) is 43.5 Å². The summed E-state index contributed by atoms with van der Waals surface area (Å²) in [5, 5.41) is 18.5. The molecule has 3 fully saturated rings. The molecule has 3 aliphatic heterocycles. The first-order valence-electron chi connectivity index (χ1n) is 11.6. The van der Waals surface area contributed by atoms with Gasteiger partial charge in [0.05, 0.1) is 17.8 Å². The van der Waals surface area contributed by atoms with E-state index in [1.165, 1.54) is 0 Å². The molecule has 12 heteroatoms. The second-order valence-electron chi connectivity index (χ2n) is 9.62. The summed E-state index contributed by atoms with van der Waals surface area (Å²) in [6, 6.07) is -1.72. The van der Waals surface area contributed by atoms with Crippen molar-refractivity contribution >= 4 is 23.8 Å². The highest BCUT2D eigenvalue weighted by Crippen LogP contribution is 2.43. The molecule has 1 aromatic rings. The van der Waals surface area contributed by atoms with Crippen LogP contribution in [0.3, 0.4) is 0 Å². The summed E-state index contributed by atoms with van der Waals surface area (Å²) < 4.78 is 5.56. The Morgan fingerprint density at radius 3 is 2.73 bits per heavy atom. The molecule has 4 N–H and O–H groups in total. The fourth-order valence-electron chi connectivity index (χ4n) is 5.61. The molecule has 1 spiro atoms. The maximum absolute atomic E-state index is 13.6. The predicted molar refractivity (Wildman–Crippen MR) is 113 cm³/mol. The van der Waals surface area contributed by atoms with Gasteiger partial charge in [-0.2, -0.15) is 15.4 Å². The molecule has 4 aliphatic rings. The molecule has 1 aromatic heterocycles. The molecule has 4 heterocycles. The van der Waals surface area contributed by atoms with Gasteiger partial charge in [-0.25, -0.2) is 4.79 Å². The summed E-state index contributed by atoms with van der Waals surface area (Å²) >= 11 is 0. The fraction of sp³-hybridized carbons (Fsp3) is 0.714. The van der Waals surface area contributed by atoms with Gasteiger partial charge in [-0.15, -0.1) is 0 Å². The molecular formula is C21H29N7O5. The number of carbonyl (C=O) groups is 4. The highest BCUT2D eigenvalue weighted by Gasteiger charge is 2.48. The molecular weight excluding hydrogens is 430 g/mol. The lowest BCUT2D eigenvalue weighted by Gasteiger charge is -2.34. The third-order valence-electron chi connectivity index (χ3n) is 7.45. The van der Waals surface area contributed by atoms with E-state index < -0.39 is 23.9 Å². The second-order valence-corrected chi connectivity index (χ2v) is 9.62. The largest absolute Gasteiger partial charge is 0.381 e. The highest BCUT2D eigenvalue weighted by molar-refractivity contribution is 6.02. The van der Waals surface area contributed by atoms with Crippen LogP contribution in [0.5, 0.6) is 0 Å². The normalized spacial score (nSPS) is 28.7. The van der Waals surface area contributed by atoms with Gasteiger partial charge in [-0.3, -0.25) is 19.7 Å². The van der Waals surface area contributed by atoms with Crippen LogP contribution >= 0.6 is 0 Å². The van der Waals surface area contributed by atoms with Crippen molar-refractivity contribution in [1.82, 2.24) is 36.3 Å². The standard InChI is InChI=1S/C21H29N7O5/c29-17-8-16(23-20(32)24-17)18(30)22-10-13-9-21(3-5-33-6-4-21)11-28(13)19(31)12-1-2-14-15(7-12)26-27-25-14/h12-13,16H,1-11H2,(H,22,30)(H,25,26,27)(H2,23,24,29,32)/t12?,13?,16-/m0/s1. The monoisotopic (exact) mass is 459 g/mol. The van der Waals surface area contributed by atoms with E-state index in [0.717, 1.165) is 43.5 Å². The number of hydrogen-bond donors (Lipinski definition) is 4. The average molecular weight is 460 g/mol. The molecule has 5 rings (SSSR count). The SMILES string of the molecule is O=C1C[C@@H](C(=O)NCC2CC3(CCOCC3)CN2C(=O)C2CCc3n[nH]nc3C2)NC(=O)N1. The van der Waals surface area contributed by atoms with E-state index >= 15 is 0 Å². The van der Waals surface area contributed by atoms with E-state index in [9.17, 15) is 19.2 Å². The van der Waals surface area contributed by atoms with Crippen LogP contribution < -0.4 is 16.0 Å². The van der Waals surface area contributed by atoms with Gasteiger partial charge in [0.15, 0.2) is 0 Å². The van der Waals surface area contributed by atoms with Crippen LogP contribution in [0.25, 0.3) is 0 Å². The molecule has 3 atom stereocenters. The van der Waals surface area contributed by atoms with Gasteiger partial charge in [0.2, 0.25) is 17.7 Å². The van der Waals surface area contributed by atoms with Gasteiger partial charge >= 0.3 is 6.03 Å². The quantitative estimate of drug-likeness (QED) is 0.450. The van der Waals surface area contributed by atoms with Crippen molar-refractivity contribution < 1.29 is 23.9 Å². The van der Waals surface area contributed by atoms with Crippen molar-refractivity contribution in [3.05, 3.63) is 11.4 Å². The summed E-state index contributed by atoms with van der Waals surface area (Å²) in [6.07, 6.45) is 4.49. The first-order valence-corrected chi connectivity index (χ1v) is 11.6. The lowest BCUT2D eigenvalue weighted by Crippen LogP contribution is -2.58. The average Bonchev–Trinajstić information content (AvgIpc) is 3.41. The minimum absolute atomic E-state index is 0.00401. The molecule has 0 saturated carbocycles. The maximum atomic E-state index is 13.6. The number of ether oxygens (including phenoxy) is 1. The number of aromatic nitrogens is 3. The number of amides is 5. The van der Waals surface area contributed by atoms with E-state index in [4.69, 9.17) is 4.74 Å². The number of nitrogens with one attached hydrogen (secondary N) is 4. The molecule has 178 valence electrons. The van der Waals surface area contributed by atoms with Crippen LogP contribution in [0.15, 0.2) is 0 Å². The van der Waals surface area contributed by atoms with E-state index in [0.29, 0.717) is 26.2 Å². The van der Waals surface area contributed by atoms with Gasteiger partial charge in [0.1, 0.15) is 6.04 Å². The number of fused-ring (bicyclic) bond motifs is 1. The van der Waals surface area contributed by atoms with Gasteiger partial charge < -0.3 is 20.3 Å². The van der Waals surface area contributed by atoms with E-state index in [2.05, 4.69) is 31.4 Å². The molecule has 1 aliphatic carbocycles. The molecule has 3 saturated heterocycles. The predicted octanol–water partition coefficient (Wildman–Crippen LogP) is -0.978. The van der Waals surface area contributed by atoms with Crippen molar-refractivity contribution in [2.75, 3.05) is 26.3 Å². The summed E-state index contributed by atoms with van der Waals surface area (Å²) in [4.78, 5) is 51.3. The minimum atomic E-state index is -0.905. The van der Waals surface area contributed by atoms with Crippen LogP contribution in [-0.4, -0.2) is 82.5 Å². The number of urea groups is 1. The molecule has 0 radical (unpaired) electrons. The zero-order valence-corrected chi connectivity index (χ0v) is 18.4. The lowest BCUT2D eigenvalue weighted by molar-refractivity contribution is -0.137. The molecule has 2 unspecified atom stereocenters. The summed E-state index contributed by atoms with van der Waals surface area (Å²) in [6.45, 7) is 2.29. The van der Waals surface area contributed by atoms with Gasteiger partial charge in [-0.05, 0) is 37.5 Å². The Morgan fingerprint density at radius 2 is 1.94 bits per heavy atom. The topological polar surface area (TPSA) is 158 Å². The summed E-state index contributed by atoms with van der Waals surface area (Å²) in [7, 11) is 0. The zero-order chi connectivity index (χ0) is 23.0. The number of rotatable bonds is 4. The Hall–Kier alpha value is -3.02. The van der Waals surface area contributed by atoms with Crippen LogP contribution in [0.4, 0.5) is 4.79 Å². The van der Waals surface area contributed by atoms with E-state index in [1.807, 2.05) is 4.90 Å². The van der Waals surface area contributed by atoms with Crippen molar-refractivity contribution in [1.29, 1.82) is 0 Å². The Bertz CT molecular complexity index is 941. The third-order valence-corrected chi connectivity index (χ3v) is 7.45. The Balaban J connectivity index is 1.27. The van der Waals surface area contributed by atoms with E-state index in [-0.39, 0.29) is 36.2 Å². The second kappa shape index (κ2) is 8.73. The minimum Gasteiger partial charge on any atom is -0.381 e. The van der Waals surface area contributed by atoms with E-state index in [1.54, 1.807) is 0 Å². The van der Waals surface area contributed by atoms with Crippen molar-refractivity contribution in [3.8, 4) is 0 Å². The first-order chi connectivity index (χ1) is 15.9. The Labute approximate surface area is 190 Å². The molecule has 12 nitrogen and oxygen atoms in total. The fourth-order valence-corrected chi connectivity index (χ4v) is 5.61. The number of aromatic amines is 1. The Kier molecular flexibility index (Phi) is 5.77. The first kappa shape index (κ1) is 21.8. The molecule has 0 aromatic carbocycles. The number of likely N-dealkylation sites (tertiary alicyclic amines) is 1. The molecule has 33 heavy (non-hydrogen) atoms. The highest BCUT2D eigenvalue weighted by atomic mass is 16.5. The van der Waals surface area contributed by atoms with Crippen molar-refractivity contribution in [2.45, 2.75) is 57.0 Å². The number of aryl methyl sites for hydroxylation is 1. The molecule has 0 bridgehead atoms. The number of hydrogen-bond acceptors (Lipinski definition) is 7. The number of nitrogens with zero attached hydrogens (tertiary/aromatic N) is 3. The maximum Gasteiger partial charge on any atom is 0.322 e. The van der Waals surface area contributed by atoms with Gasteiger partial charge in [0.25, 0.3) is 0 Å². The third kappa shape index (κ3) is 4.43. The smallest absolute Gasteiger partial charge is 0.322 e. The zero-order valence-electron chi connectivity index (χ0n) is 18.4. The van der Waals surface area contributed by atoms with Crippen molar-refractivity contribution in [2.24, 2.45) is 11.3 Å². The number of H-pyrrole nitrogens is 1. The molecule has 5 amide bonds. The van der Waals surface area contributed by atoms with Gasteiger partial charge in [0, 0.05) is 44.7 Å². The van der Waals surface area contributed by atoms with Crippen LogP contribution in [0, 0.1) is 11.3 Å². The lowest BCUT2D eigenvalue weighted by atomic mass is 9.78. The van der Waals surface area contributed by atoms with Gasteiger partial charge in [-0.1, -0.05) is 0 Å². The van der Waals surface area contributed by atoms with Crippen LogP contribution in [-0.2, 0) is 32.0 Å². The van der Waals surface area contributed by atoms with Crippen LogP contribution in [0.2, 0.25) is 0 Å². The summed E-state index contributed by atoms with van der Waals surface area (Å²) in [5.41, 5.74) is 1.79.